The van der Waals surface area contributed by atoms with E-state index in [1.54, 1.807) is 13.8 Å². The Morgan fingerprint density at radius 2 is 2.23 bits per heavy atom. The van der Waals surface area contributed by atoms with Crippen LogP contribution in [0.3, 0.4) is 0 Å². The first-order valence-corrected chi connectivity index (χ1v) is 4.30. The van der Waals surface area contributed by atoms with Crippen LogP contribution in [0.2, 0.25) is 0 Å². The van der Waals surface area contributed by atoms with Crippen LogP contribution in [0.1, 0.15) is 35.5 Å². The number of hydrogen-bond donors (Lipinski definition) is 1. The molecule has 0 spiro atoms. The minimum Gasteiger partial charge on any atom is -0.439 e. The molecule has 72 valence electrons. The second kappa shape index (κ2) is 3.70. The summed E-state index contributed by atoms with van der Waals surface area (Å²) in [5.41, 5.74) is 6.30. The molecule has 0 aliphatic rings. The van der Waals surface area contributed by atoms with Gasteiger partial charge in [-0.1, -0.05) is 6.92 Å². The summed E-state index contributed by atoms with van der Waals surface area (Å²) < 4.78 is 5.16. The number of Topliss-reactive ketones (excluding diaryl/α,β-unsaturated/α-hetero) is 1. The van der Waals surface area contributed by atoms with Gasteiger partial charge >= 0.3 is 0 Å². The van der Waals surface area contributed by atoms with Crippen LogP contribution >= 0.6 is 0 Å². The molecule has 4 heteroatoms. The summed E-state index contributed by atoms with van der Waals surface area (Å²) in [6, 6.07) is -0.502. The number of aromatic nitrogens is 1. The molecule has 1 unspecified atom stereocenters. The standard InChI is InChI=1S/C9H14N2O2/c1-4-7(10)8(12)9-11-5(2)6(3)13-9/h7H,4,10H2,1-3H3. The fourth-order valence-electron chi connectivity index (χ4n) is 0.922. The molecule has 1 atom stereocenters. The normalized spacial score (nSPS) is 12.9. The minimum atomic E-state index is -0.502. The van der Waals surface area contributed by atoms with Gasteiger partial charge in [0.05, 0.1) is 11.7 Å². The zero-order valence-electron chi connectivity index (χ0n) is 8.13. The van der Waals surface area contributed by atoms with E-state index in [2.05, 4.69) is 4.98 Å². The van der Waals surface area contributed by atoms with Crippen molar-refractivity contribution < 1.29 is 9.21 Å². The van der Waals surface area contributed by atoms with Crippen LogP contribution in [-0.2, 0) is 0 Å². The molecule has 0 fully saturated rings. The van der Waals surface area contributed by atoms with Crippen LogP contribution in [0.4, 0.5) is 0 Å². The third kappa shape index (κ3) is 1.95. The SMILES string of the molecule is CCC(N)C(=O)c1nc(C)c(C)o1. The summed E-state index contributed by atoms with van der Waals surface area (Å²) in [7, 11) is 0. The van der Waals surface area contributed by atoms with Crippen molar-refractivity contribution in [2.45, 2.75) is 33.2 Å². The summed E-state index contributed by atoms with van der Waals surface area (Å²) in [5, 5.41) is 0. The summed E-state index contributed by atoms with van der Waals surface area (Å²) in [4.78, 5) is 15.4. The minimum absolute atomic E-state index is 0.129. The van der Waals surface area contributed by atoms with E-state index >= 15 is 0 Å². The maximum atomic E-state index is 11.5. The molecule has 1 rings (SSSR count). The lowest BCUT2D eigenvalue weighted by molar-refractivity contribution is 0.0924. The lowest BCUT2D eigenvalue weighted by atomic mass is 10.1. The van der Waals surface area contributed by atoms with Crippen molar-refractivity contribution in [3.63, 3.8) is 0 Å². The van der Waals surface area contributed by atoms with Gasteiger partial charge in [-0.25, -0.2) is 4.98 Å². The summed E-state index contributed by atoms with van der Waals surface area (Å²) in [6.45, 7) is 5.43. The van der Waals surface area contributed by atoms with Gasteiger partial charge in [0, 0.05) is 0 Å². The average Bonchev–Trinajstić information content (AvgIpc) is 2.44. The molecule has 0 radical (unpaired) electrons. The zero-order chi connectivity index (χ0) is 10.0. The number of oxazole rings is 1. The Bertz CT molecular complexity index is 298. The molecule has 0 saturated heterocycles. The highest BCUT2D eigenvalue weighted by molar-refractivity contribution is 5.96. The Balaban J connectivity index is 2.89. The van der Waals surface area contributed by atoms with Crippen LogP contribution in [0.15, 0.2) is 4.42 Å². The molecule has 1 heterocycles. The molecule has 0 amide bonds. The summed E-state index contributed by atoms with van der Waals surface area (Å²) in [5.74, 6) is 0.578. The van der Waals surface area contributed by atoms with Crippen molar-refractivity contribution in [1.82, 2.24) is 4.98 Å². The zero-order valence-corrected chi connectivity index (χ0v) is 8.13. The first kappa shape index (κ1) is 9.92. The van der Waals surface area contributed by atoms with E-state index < -0.39 is 6.04 Å². The van der Waals surface area contributed by atoms with Gasteiger partial charge < -0.3 is 10.2 Å². The monoisotopic (exact) mass is 182 g/mol. The molecule has 0 bridgehead atoms. The molecule has 2 N–H and O–H groups in total. The number of carbonyl (C=O) groups excluding carboxylic acids is 1. The van der Waals surface area contributed by atoms with Gasteiger partial charge in [-0.05, 0) is 20.3 Å². The van der Waals surface area contributed by atoms with E-state index in [9.17, 15) is 4.79 Å². The quantitative estimate of drug-likeness (QED) is 0.713. The molecule has 0 aromatic carbocycles. The maximum absolute atomic E-state index is 11.5. The molecule has 13 heavy (non-hydrogen) atoms. The van der Waals surface area contributed by atoms with E-state index in [4.69, 9.17) is 10.2 Å². The summed E-state index contributed by atoms with van der Waals surface area (Å²) in [6.07, 6.45) is 0.597. The van der Waals surface area contributed by atoms with Gasteiger partial charge in [-0.15, -0.1) is 0 Å². The van der Waals surface area contributed by atoms with Gasteiger partial charge in [0.15, 0.2) is 0 Å². The smallest absolute Gasteiger partial charge is 0.265 e. The highest BCUT2D eigenvalue weighted by Gasteiger charge is 2.19. The molecular weight excluding hydrogens is 168 g/mol. The molecule has 1 aromatic heterocycles. The number of carbonyl (C=O) groups is 1. The van der Waals surface area contributed by atoms with Gasteiger partial charge in [-0.2, -0.15) is 0 Å². The van der Waals surface area contributed by atoms with Crippen molar-refractivity contribution >= 4 is 5.78 Å². The Labute approximate surface area is 77.1 Å². The van der Waals surface area contributed by atoms with Gasteiger partial charge in [0.1, 0.15) is 5.76 Å². The lowest BCUT2D eigenvalue weighted by Crippen LogP contribution is -2.29. The van der Waals surface area contributed by atoms with E-state index in [1.165, 1.54) is 0 Å². The van der Waals surface area contributed by atoms with Crippen molar-refractivity contribution in [1.29, 1.82) is 0 Å². The van der Waals surface area contributed by atoms with Gasteiger partial charge in [-0.3, -0.25) is 4.79 Å². The molecular formula is C9H14N2O2. The van der Waals surface area contributed by atoms with Crippen LogP contribution in [0, 0.1) is 13.8 Å². The van der Waals surface area contributed by atoms with Crippen LogP contribution in [0.5, 0.6) is 0 Å². The predicted molar refractivity (Wildman–Crippen MR) is 48.6 cm³/mol. The fraction of sp³-hybridized carbons (Fsp3) is 0.556. The Morgan fingerprint density at radius 3 is 2.62 bits per heavy atom. The van der Waals surface area contributed by atoms with E-state index in [0.29, 0.717) is 12.2 Å². The number of hydrogen-bond acceptors (Lipinski definition) is 4. The maximum Gasteiger partial charge on any atom is 0.265 e. The van der Waals surface area contributed by atoms with Crippen molar-refractivity contribution in [3.05, 3.63) is 17.3 Å². The van der Waals surface area contributed by atoms with E-state index in [1.807, 2.05) is 6.92 Å². The molecule has 0 saturated carbocycles. The Kier molecular flexibility index (Phi) is 2.83. The second-order valence-corrected chi connectivity index (χ2v) is 3.04. The third-order valence-corrected chi connectivity index (χ3v) is 2.02. The lowest BCUT2D eigenvalue weighted by Gasteiger charge is -2.02. The molecule has 0 aliphatic heterocycles. The summed E-state index contributed by atoms with van der Waals surface area (Å²) >= 11 is 0. The number of nitrogens with zero attached hydrogens (tertiary/aromatic N) is 1. The predicted octanol–water partition coefficient (Wildman–Crippen LogP) is 1.21. The van der Waals surface area contributed by atoms with E-state index in [0.717, 1.165) is 5.69 Å². The molecule has 1 aromatic rings. The largest absolute Gasteiger partial charge is 0.439 e. The topological polar surface area (TPSA) is 69.1 Å². The van der Waals surface area contributed by atoms with Crippen molar-refractivity contribution in [2.24, 2.45) is 5.73 Å². The Hall–Kier alpha value is -1.16. The first-order chi connectivity index (χ1) is 6.06. The highest BCUT2D eigenvalue weighted by atomic mass is 16.4. The number of ketones is 1. The molecule has 0 aliphatic carbocycles. The number of rotatable bonds is 3. The number of aryl methyl sites for hydroxylation is 2. The van der Waals surface area contributed by atoms with Gasteiger partial charge in [0.2, 0.25) is 5.78 Å². The average molecular weight is 182 g/mol. The first-order valence-electron chi connectivity index (χ1n) is 4.30. The van der Waals surface area contributed by atoms with Crippen molar-refractivity contribution in [2.75, 3.05) is 0 Å². The third-order valence-electron chi connectivity index (χ3n) is 2.02. The van der Waals surface area contributed by atoms with Crippen LogP contribution in [-0.4, -0.2) is 16.8 Å². The van der Waals surface area contributed by atoms with E-state index in [-0.39, 0.29) is 11.7 Å². The fourth-order valence-corrected chi connectivity index (χ4v) is 0.922. The Morgan fingerprint density at radius 1 is 1.62 bits per heavy atom. The van der Waals surface area contributed by atoms with Crippen LogP contribution in [0.25, 0.3) is 0 Å². The van der Waals surface area contributed by atoms with Crippen molar-refractivity contribution in [3.8, 4) is 0 Å². The number of nitrogens with two attached hydrogens (primary N) is 1. The highest BCUT2D eigenvalue weighted by Crippen LogP contribution is 2.10. The second-order valence-electron chi connectivity index (χ2n) is 3.04. The molecule has 4 nitrogen and oxygen atoms in total. The van der Waals surface area contributed by atoms with Crippen LogP contribution < -0.4 is 5.73 Å². The van der Waals surface area contributed by atoms with Gasteiger partial charge in [0.25, 0.3) is 5.89 Å².